The molecule has 1 aliphatic heterocycles. The highest BCUT2D eigenvalue weighted by molar-refractivity contribution is 6.38. The number of carbonyl (C=O) groups excluding carboxylic acids is 1. The summed E-state index contributed by atoms with van der Waals surface area (Å²) >= 11 is 0. The lowest BCUT2D eigenvalue weighted by atomic mass is 10.2. The largest absolute Gasteiger partial charge is 0.381 e. The first-order chi connectivity index (χ1) is 3.80. The Morgan fingerprint density at radius 3 is 2.56 bits per heavy atom. The van der Waals surface area contributed by atoms with Gasteiger partial charge in [-0.05, 0) is 6.42 Å². The van der Waals surface area contributed by atoms with Crippen molar-refractivity contribution in [3.8, 4) is 0 Å². The summed E-state index contributed by atoms with van der Waals surface area (Å²) < 4.78 is 0. The van der Waals surface area contributed by atoms with Crippen LogP contribution in [0.25, 0.3) is 0 Å². The van der Waals surface area contributed by atoms with Crippen LogP contribution in [0.3, 0.4) is 0 Å². The second-order valence-electron chi connectivity index (χ2n) is 1.79. The first kappa shape index (κ1) is 8.43. The number of aliphatic imine (C=N–C) groups is 1. The van der Waals surface area contributed by atoms with Gasteiger partial charge in [0, 0.05) is 13.0 Å². The Morgan fingerprint density at radius 1 is 1.56 bits per heavy atom. The second-order valence-corrected chi connectivity index (χ2v) is 1.79. The molecule has 0 aromatic carbocycles. The van der Waals surface area contributed by atoms with Gasteiger partial charge in [-0.2, -0.15) is 0 Å². The summed E-state index contributed by atoms with van der Waals surface area (Å²) in [5, 5.41) is 0. The van der Waals surface area contributed by atoms with Crippen LogP contribution < -0.4 is 5.73 Å². The molecule has 0 saturated carbocycles. The molecule has 1 heterocycles. The highest BCUT2D eigenvalue weighted by atomic mass is 35.5. The molecular formula is C5H9ClN2O. The topological polar surface area (TPSA) is 55.4 Å². The van der Waals surface area contributed by atoms with Crippen molar-refractivity contribution in [1.29, 1.82) is 0 Å². The number of nitrogens with zero attached hydrogens (tertiary/aromatic N) is 1. The number of amidine groups is 1. The minimum absolute atomic E-state index is 0. The fourth-order valence-corrected chi connectivity index (χ4v) is 0.655. The zero-order valence-electron chi connectivity index (χ0n) is 4.96. The first-order valence-electron chi connectivity index (χ1n) is 2.64. The third-order valence-corrected chi connectivity index (χ3v) is 1.13. The van der Waals surface area contributed by atoms with Crippen LogP contribution in [-0.2, 0) is 4.79 Å². The number of halogens is 1. The second kappa shape index (κ2) is 3.45. The monoisotopic (exact) mass is 148 g/mol. The van der Waals surface area contributed by atoms with E-state index in [1.165, 1.54) is 0 Å². The predicted molar refractivity (Wildman–Crippen MR) is 38.0 cm³/mol. The highest BCUT2D eigenvalue weighted by Gasteiger charge is 2.09. The Bertz CT molecular complexity index is 144. The molecule has 2 N–H and O–H groups in total. The van der Waals surface area contributed by atoms with E-state index in [4.69, 9.17) is 5.73 Å². The van der Waals surface area contributed by atoms with Gasteiger partial charge >= 0.3 is 0 Å². The van der Waals surface area contributed by atoms with Gasteiger partial charge in [-0.3, -0.25) is 9.79 Å². The molecule has 52 valence electrons. The van der Waals surface area contributed by atoms with Crippen LogP contribution in [-0.4, -0.2) is 18.2 Å². The Labute approximate surface area is 59.7 Å². The molecule has 0 spiro atoms. The summed E-state index contributed by atoms with van der Waals surface area (Å²) in [6.07, 6.45) is 1.44. The number of nitrogens with two attached hydrogens (primary N) is 1. The van der Waals surface area contributed by atoms with E-state index in [0.717, 1.165) is 13.0 Å². The van der Waals surface area contributed by atoms with E-state index in [0.29, 0.717) is 6.42 Å². The van der Waals surface area contributed by atoms with Crippen LogP contribution in [0.2, 0.25) is 0 Å². The van der Waals surface area contributed by atoms with E-state index in [-0.39, 0.29) is 24.0 Å². The van der Waals surface area contributed by atoms with Crippen molar-refractivity contribution in [2.45, 2.75) is 12.8 Å². The van der Waals surface area contributed by atoms with E-state index in [1.807, 2.05) is 0 Å². The summed E-state index contributed by atoms with van der Waals surface area (Å²) in [4.78, 5) is 14.3. The van der Waals surface area contributed by atoms with Crippen molar-refractivity contribution in [2.75, 3.05) is 6.54 Å². The summed E-state index contributed by atoms with van der Waals surface area (Å²) in [5.74, 6) is 0.201. The average molecular weight is 149 g/mol. The molecule has 1 rings (SSSR count). The minimum Gasteiger partial charge on any atom is -0.381 e. The fraction of sp³-hybridized carbons (Fsp3) is 0.600. The molecule has 0 aromatic rings. The summed E-state index contributed by atoms with van der Waals surface area (Å²) in [5.41, 5.74) is 5.18. The smallest absolute Gasteiger partial charge is 0.197 e. The van der Waals surface area contributed by atoms with Gasteiger partial charge in [0.15, 0.2) is 11.6 Å². The van der Waals surface area contributed by atoms with Gasteiger partial charge in [-0.15, -0.1) is 12.4 Å². The van der Waals surface area contributed by atoms with Crippen molar-refractivity contribution in [3.63, 3.8) is 0 Å². The zero-order valence-corrected chi connectivity index (χ0v) is 5.78. The van der Waals surface area contributed by atoms with Crippen LogP contribution in [0, 0.1) is 0 Å². The third kappa shape index (κ3) is 2.01. The normalized spacial score (nSPS) is 18.2. The molecular weight excluding hydrogens is 140 g/mol. The van der Waals surface area contributed by atoms with Gasteiger partial charge in [0.05, 0.1) is 0 Å². The molecule has 0 radical (unpaired) electrons. The molecule has 4 heteroatoms. The number of ketones is 1. The van der Waals surface area contributed by atoms with E-state index in [1.54, 1.807) is 0 Å². The van der Waals surface area contributed by atoms with Crippen molar-refractivity contribution in [1.82, 2.24) is 0 Å². The quantitative estimate of drug-likeness (QED) is 0.531. The molecule has 9 heavy (non-hydrogen) atoms. The average Bonchev–Trinajstić information content (AvgIpc) is 1.77. The number of hydrogen-bond acceptors (Lipinski definition) is 3. The van der Waals surface area contributed by atoms with Crippen LogP contribution >= 0.6 is 12.4 Å². The Kier molecular flexibility index (Phi) is 3.24. The van der Waals surface area contributed by atoms with Crippen molar-refractivity contribution in [3.05, 3.63) is 0 Å². The van der Waals surface area contributed by atoms with Crippen LogP contribution in [0.4, 0.5) is 0 Å². The van der Waals surface area contributed by atoms with Gasteiger partial charge in [0.25, 0.3) is 0 Å². The number of hydrogen-bond donors (Lipinski definition) is 1. The number of rotatable bonds is 0. The van der Waals surface area contributed by atoms with E-state index >= 15 is 0 Å². The van der Waals surface area contributed by atoms with Crippen LogP contribution in [0.15, 0.2) is 4.99 Å². The molecule has 0 amide bonds. The molecule has 3 nitrogen and oxygen atoms in total. The van der Waals surface area contributed by atoms with Crippen molar-refractivity contribution in [2.24, 2.45) is 10.7 Å². The van der Waals surface area contributed by atoms with E-state index < -0.39 is 0 Å². The zero-order chi connectivity index (χ0) is 5.98. The minimum atomic E-state index is -0.00347. The maximum atomic E-state index is 10.5. The highest BCUT2D eigenvalue weighted by Crippen LogP contribution is 1.97. The summed E-state index contributed by atoms with van der Waals surface area (Å²) in [6, 6.07) is 0. The third-order valence-electron chi connectivity index (χ3n) is 1.13. The Balaban J connectivity index is 0.000000640. The molecule has 0 saturated heterocycles. The lowest BCUT2D eigenvalue weighted by Crippen LogP contribution is -2.27. The SMILES string of the molecule is Cl.NC1=NCCCC1=O. The van der Waals surface area contributed by atoms with Gasteiger partial charge in [0.2, 0.25) is 0 Å². The Hall–Kier alpha value is -0.570. The van der Waals surface area contributed by atoms with Crippen molar-refractivity contribution >= 4 is 24.0 Å². The molecule has 0 aromatic heterocycles. The summed E-state index contributed by atoms with van der Waals surface area (Å²) in [6.45, 7) is 0.720. The molecule has 1 aliphatic rings. The van der Waals surface area contributed by atoms with Crippen LogP contribution in [0.5, 0.6) is 0 Å². The predicted octanol–water partition coefficient (Wildman–Crippen LogP) is 0.128. The molecule has 0 atom stereocenters. The van der Waals surface area contributed by atoms with Gasteiger partial charge in [-0.25, -0.2) is 0 Å². The van der Waals surface area contributed by atoms with Crippen LogP contribution in [0.1, 0.15) is 12.8 Å². The lowest BCUT2D eigenvalue weighted by molar-refractivity contribution is -0.113. The number of Topliss-reactive ketones (excluding diaryl/α,β-unsaturated/α-hetero) is 1. The first-order valence-corrected chi connectivity index (χ1v) is 2.64. The molecule has 0 bridgehead atoms. The van der Waals surface area contributed by atoms with E-state index in [2.05, 4.69) is 4.99 Å². The maximum Gasteiger partial charge on any atom is 0.197 e. The van der Waals surface area contributed by atoms with E-state index in [9.17, 15) is 4.79 Å². The number of carbonyl (C=O) groups is 1. The van der Waals surface area contributed by atoms with Gasteiger partial charge < -0.3 is 5.73 Å². The maximum absolute atomic E-state index is 10.5. The summed E-state index contributed by atoms with van der Waals surface area (Å²) in [7, 11) is 0. The van der Waals surface area contributed by atoms with Gasteiger partial charge in [-0.1, -0.05) is 0 Å². The molecule has 0 aliphatic carbocycles. The standard InChI is InChI=1S/C5H8N2O.ClH/c6-5-4(8)2-1-3-7-5;/h1-3H2,(H2,6,7);1H. The fourth-order valence-electron chi connectivity index (χ4n) is 0.655. The van der Waals surface area contributed by atoms with Crippen molar-refractivity contribution < 1.29 is 4.79 Å². The lowest BCUT2D eigenvalue weighted by Gasteiger charge is -2.03. The van der Waals surface area contributed by atoms with Gasteiger partial charge in [0.1, 0.15) is 0 Å². The molecule has 0 unspecified atom stereocenters. The molecule has 0 fully saturated rings. The Morgan fingerprint density at radius 2 is 2.22 bits per heavy atom.